The molecule has 2 aromatic carbocycles. The first-order chi connectivity index (χ1) is 21.3. The van der Waals surface area contributed by atoms with Gasteiger partial charge in [-0.2, -0.15) is 0 Å². The third-order valence-corrected chi connectivity index (χ3v) is 8.48. The minimum atomic E-state index is -1.26. The average Bonchev–Trinajstić information content (AvgIpc) is 2.93. The highest BCUT2D eigenvalue weighted by Gasteiger charge is 2.30. The summed E-state index contributed by atoms with van der Waals surface area (Å²) in [4.78, 5) is 41.0. The summed E-state index contributed by atoms with van der Waals surface area (Å²) in [6.45, 7) is 10.5. The number of hydrogen-bond acceptors (Lipinski definition) is 4. The van der Waals surface area contributed by atoms with Gasteiger partial charge >= 0.3 is 5.97 Å². The molecule has 0 aliphatic carbocycles. The van der Waals surface area contributed by atoms with Crippen molar-refractivity contribution >= 4 is 11.9 Å². The van der Waals surface area contributed by atoms with Crippen LogP contribution in [0.5, 0.6) is 0 Å². The van der Waals surface area contributed by atoms with Gasteiger partial charge in [-0.15, -0.1) is 0 Å². The van der Waals surface area contributed by atoms with Crippen LogP contribution < -0.4 is 10.9 Å². The lowest BCUT2D eigenvalue weighted by Gasteiger charge is -2.37. The van der Waals surface area contributed by atoms with Crippen molar-refractivity contribution in [2.75, 3.05) is 26.3 Å². The van der Waals surface area contributed by atoms with Crippen LogP contribution in [-0.4, -0.2) is 52.8 Å². The molecule has 7 nitrogen and oxygen atoms in total. The van der Waals surface area contributed by atoms with Gasteiger partial charge in [-0.05, 0) is 91.1 Å². The Morgan fingerprint density at radius 1 is 1.04 bits per heavy atom. The maximum atomic E-state index is 15.7. The summed E-state index contributed by atoms with van der Waals surface area (Å²) in [6, 6.07) is 7.77. The molecular weight excluding hydrogens is 583 g/mol. The van der Waals surface area contributed by atoms with Crippen LogP contribution in [-0.2, 0) is 16.0 Å². The molecule has 0 unspecified atom stereocenters. The van der Waals surface area contributed by atoms with Gasteiger partial charge in [0.15, 0.2) is 5.82 Å². The number of benzene rings is 2. The Kier molecular flexibility index (Phi) is 10.9. The highest BCUT2D eigenvalue weighted by molar-refractivity contribution is 5.82. The summed E-state index contributed by atoms with van der Waals surface area (Å²) in [5.74, 6) is -3.70. The SMILES string of the molecule is Cc1cc(-c2c(C)cccc2C)cc([C@H](CC(=O)O)NC(=O)[C@H](CC(C)C)n2cc(CCN3CC(CF)C3)cc(F)c2=O)c1F. The fraction of sp³-hybridized carbons (Fsp3) is 0.457. The molecule has 2 N–H and O–H groups in total. The third kappa shape index (κ3) is 8.03. The first-order valence-corrected chi connectivity index (χ1v) is 15.4. The van der Waals surface area contributed by atoms with Gasteiger partial charge in [0.1, 0.15) is 11.9 Å². The van der Waals surface area contributed by atoms with Crippen LogP contribution in [0.3, 0.4) is 0 Å². The largest absolute Gasteiger partial charge is 0.481 e. The van der Waals surface area contributed by atoms with Crippen LogP contribution in [0.4, 0.5) is 13.2 Å². The molecule has 242 valence electrons. The number of nitrogens with one attached hydrogen (secondary N) is 1. The van der Waals surface area contributed by atoms with E-state index >= 15 is 4.39 Å². The molecule has 0 saturated carbocycles. The molecule has 45 heavy (non-hydrogen) atoms. The lowest BCUT2D eigenvalue weighted by atomic mass is 9.90. The van der Waals surface area contributed by atoms with E-state index in [1.165, 1.54) is 6.20 Å². The number of aromatic nitrogens is 1. The summed E-state index contributed by atoms with van der Waals surface area (Å²) >= 11 is 0. The van der Waals surface area contributed by atoms with E-state index in [0.29, 0.717) is 42.7 Å². The Morgan fingerprint density at radius 2 is 1.71 bits per heavy atom. The predicted molar refractivity (Wildman–Crippen MR) is 168 cm³/mol. The average molecular weight is 626 g/mol. The lowest BCUT2D eigenvalue weighted by Crippen LogP contribution is -2.48. The summed E-state index contributed by atoms with van der Waals surface area (Å²) in [7, 11) is 0. The Bertz CT molecular complexity index is 1590. The number of aryl methyl sites for hydroxylation is 3. The smallest absolute Gasteiger partial charge is 0.305 e. The zero-order valence-electron chi connectivity index (χ0n) is 26.5. The number of carboxylic acid groups (broad SMARTS) is 1. The van der Waals surface area contributed by atoms with Crippen molar-refractivity contribution in [2.24, 2.45) is 11.8 Å². The van der Waals surface area contributed by atoms with Gasteiger partial charge in [0.25, 0.3) is 5.56 Å². The molecule has 2 heterocycles. The first-order valence-electron chi connectivity index (χ1n) is 15.4. The first kappa shape index (κ1) is 34.0. The highest BCUT2D eigenvalue weighted by Crippen LogP contribution is 2.33. The molecule has 1 saturated heterocycles. The van der Waals surface area contributed by atoms with E-state index in [9.17, 15) is 28.3 Å². The standard InChI is InChI=1S/C35H42F3N3O4/c1-20(2)11-30(41-19-24(13-28(37)35(41)45)9-10-40-17-25(16-36)18-40)34(44)39-29(15-31(42)43)27-14-26(12-23(5)33(27)38)32-21(3)7-6-8-22(32)4/h6-8,12-14,19-20,25,29-30H,9-11,15-18H2,1-5H3,(H,39,44)(H,42,43)/t29-,30-/m0/s1. The molecule has 0 spiro atoms. The van der Waals surface area contributed by atoms with Crippen molar-refractivity contribution in [1.82, 2.24) is 14.8 Å². The molecule has 2 atom stereocenters. The van der Waals surface area contributed by atoms with Crippen molar-refractivity contribution in [1.29, 1.82) is 0 Å². The molecule has 0 radical (unpaired) electrons. The van der Waals surface area contributed by atoms with Crippen LogP contribution in [0, 0.1) is 44.2 Å². The zero-order chi connectivity index (χ0) is 33.0. The number of halogens is 3. The molecule has 1 aliphatic heterocycles. The van der Waals surface area contributed by atoms with Gasteiger partial charge in [-0.1, -0.05) is 32.0 Å². The number of aliphatic carboxylic acids is 1. The summed E-state index contributed by atoms with van der Waals surface area (Å²) in [6.07, 6.45) is 1.40. The van der Waals surface area contributed by atoms with Crippen molar-refractivity contribution in [3.05, 3.63) is 92.4 Å². The van der Waals surface area contributed by atoms with Gasteiger partial charge < -0.3 is 19.9 Å². The minimum absolute atomic E-state index is 0.00335. The Hall–Kier alpha value is -3.92. The van der Waals surface area contributed by atoms with Crippen molar-refractivity contribution < 1.29 is 27.9 Å². The fourth-order valence-electron chi connectivity index (χ4n) is 6.17. The number of carbonyl (C=O) groups excluding carboxylic acids is 1. The predicted octanol–water partition coefficient (Wildman–Crippen LogP) is 6.08. The second kappa shape index (κ2) is 14.5. The molecule has 1 amide bonds. The number of rotatable bonds is 13. The number of pyridine rings is 1. The maximum Gasteiger partial charge on any atom is 0.305 e. The normalized spacial score (nSPS) is 15.1. The Labute approximate surface area is 262 Å². The van der Waals surface area contributed by atoms with E-state index in [4.69, 9.17) is 0 Å². The Balaban J connectivity index is 1.69. The molecule has 0 bridgehead atoms. The molecule has 10 heteroatoms. The molecule has 3 aromatic rings. The maximum absolute atomic E-state index is 15.7. The second-order valence-electron chi connectivity index (χ2n) is 12.7. The van der Waals surface area contributed by atoms with Gasteiger partial charge in [0, 0.05) is 37.3 Å². The topological polar surface area (TPSA) is 91.6 Å². The molecule has 1 aliphatic rings. The monoisotopic (exact) mass is 625 g/mol. The van der Waals surface area contributed by atoms with E-state index < -0.39 is 47.6 Å². The molecule has 4 rings (SSSR count). The molecule has 1 fully saturated rings. The van der Waals surface area contributed by atoms with Gasteiger partial charge in [-0.25, -0.2) is 8.78 Å². The van der Waals surface area contributed by atoms with Crippen LogP contribution in [0.15, 0.2) is 47.4 Å². The van der Waals surface area contributed by atoms with Crippen molar-refractivity contribution in [2.45, 2.75) is 66.0 Å². The summed E-state index contributed by atoms with van der Waals surface area (Å²) in [5, 5.41) is 12.5. The fourth-order valence-corrected chi connectivity index (χ4v) is 6.17. The van der Waals surface area contributed by atoms with E-state index in [1.54, 1.807) is 19.1 Å². The highest BCUT2D eigenvalue weighted by atomic mass is 19.1. The van der Waals surface area contributed by atoms with Crippen molar-refractivity contribution in [3.8, 4) is 11.1 Å². The number of likely N-dealkylation sites (tertiary alicyclic amines) is 1. The third-order valence-electron chi connectivity index (χ3n) is 8.48. The van der Waals surface area contributed by atoms with Gasteiger partial charge in [0.2, 0.25) is 5.91 Å². The number of carbonyl (C=O) groups is 2. The number of nitrogens with zero attached hydrogens (tertiary/aromatic N) is 2. The van der Waals surface area contributed by atoms with Crippen LogP contribution in [0.1, 0.15) is 66.6 Å². The van der Waals surface area contributed by atoms with E-state index in [2.05, 4.69) is 5.32 Å². The van der Waals surface area contributed by atoms with Crippen LogP contribution in [0.2, 0.25) is 0 Å². The van der Waals surface area contributed by atoms with E-state index in [0.717, 1.165) is 27.3 Å². The summed E-state index contributed by atoms with van der Waals surface area (Å²) in [5.41, 5.74) is 3.32. The number of carboxylic acids is 1. The second-order valence-corrected chi connectivity index (χ2v) is 12.7. The van der Waals surface area contributed by atoms with Crippen LogP contribution in [0.25, 0.3) is 11.1 Å². The minimum Gasteiger partial charge on any atom is -0.481 e. The zero-order valence-corrected chi connectivity index (χ0v) is 26.5. The summed E-state index contributed by atoms with van der Waals surface area (Å²) < 4.78 is 44.6. The number of alkyl halides is 1. The van der Waals surface area contributed by atoms with Gasteiger partial charge in [-0.3, -0.25) is 18.8 Å². The van der Waals surface area contributed by atoms with Gasteiger partial charge in [0.05, 0.1) is 19.1 Å². The Morgan fingerprint density at radius 3 is 2.31 bits per heavy atom. The number of hydrogen-bond donors (Lipinski definition) is 2. The quantitative estimate of drug-likeness (QED) is 0.240. The van der Waals surface area contributed by atoms with E-state index in [1.807, 2.05) is 50.8 Å². The molecule has 1 aromatic heterocycles. The number of amides is 1. The van der Waals surface area contributed by atoms with Crippen molar-refractivity contribution in [3.63, 3.8) is 0 Å². The van der Waals surface area contributed by atoms with E-state index in [-0.39, 0.29) is 30.5 Å². The lowest BCUT2D eigenvalue weighted by molar-refractivity contribution is -0.138. The molecular formula is C35H42F3N3O4. The van der Waals surface area contributed by atoms with Crippen LogP contribution >= 0.6 is 0 Å².